The number of nitrogens with zero attached hydrogens (tertiary/aromatic N) is 2. The van der Waals surface area contributed by atoms with Crippen molar-refractivity contribution in [2.45, 2.75) is 50.1 Å². The second-order valence-electron chi connectivity index (χ2n) is 6.13. The molecule has 118 valence electrons. The van der Waals surface area contributed by atoms with Crippen LogP contribution in [0.3, 0.4) is 0 Å². The summed E-state index contributed by atoms with van der Waals surface area (Å²) >= 11 is 1.57. The molecule has 0 spiro atoms. The lowest BCUT2D eigenvalue weighted by atomic mass is 10.2. The Hall–Kier alpha value is -0.600. The lowest BCUT2D eigenvalue weighted by molar-refractivity contribution is -0.189. The van der Waals surface area contributed by atoms with E-state index in [1.807, 2.05) is 32.1 Å². The fourth-order valence-electron chi connectivity index (χ4n) is 1.91. The van der Waals surface area contributed by atoms with E-state index in [4.69, 9.17) is 11.6 Å². The van der Waals surface area contributed by atoms with Gasteiger partial charge in [0.05, 0.1) is 0 Å². The maximum absolute atomic E-state index is 12.9. The van der Waals surface area contributed by atoms with Crippen LogP contribution in [0.5, 0.6) is 0 Å². The van der Waals surface area contributed by atoms with Crippen LogP contribution in [-0.2, 0) is 0 Å². The second kappa shape index (κ2) is 5.65. The molecule has 0 saturated heterocycles. The van der Waals surface area contributed by atoms with Gasteiger partial charge >= 0.3 is 6.18 Å². The average molecular weight is 312 g/mol. The minimum absolute atomic E-state index is 0.0150. The molecule has 0 unspecified atom stereocenters. The first-order chi connectivity index (χ1) is 8.87. The van der Waals surface area contributed by atoms with Gasteiger partial charge in [0.15, 0.2) is 5.54 Å². The molecule has 1 aliphatic carbocycles. The van der Waals surface area contributed by atoms with Crippen molar-refractivity contribution in [2.75, 3.05) is 13.6 Å². The van der Waals surface area contributed by atoms with E-state index in [0.29, 0.717) is 12.2 Å². The summed E-state index contributed by atoms with van der Waals surface area (Å²) in [5.74, 6) is 5.54. The minimum atomic E-state index is -4.33. The lowest BCUT2D eigenvalue weighted by Gasteiger charge is -2.29. The van der Waals surface area contributed by atoms with Crippen molar-refractivity contribution in [2.24, 2.45) is 11.6 Å². The largest absolute Gasteiger partial charge is 0.413 e. The molecule has 0 aromatic carbocycles. The lowest BCUT2D eigenvalue weighted by Crippen LogP contribution is -2.49. The van der Waals surface area contributed by atoms with Gasteiger partial charge in [-0.25, -0.2) is 10.1 Å². The zero-order chi connectivity index (χ0) is 15.8. The highest BCUT2D eigenvalue weighted by Crippen LogP contribution is 2.52. The summed E-state index contributed by atoms with van der Waals surface area (Å²) in [6, 6.07) is 0. The Morgan fingerprint density at radius 3 is 2.15 bits per heavy atom. The van der Waals surface area contributed by atoms with Crippen LogP contribution in [0.15, 0.2) is 11.9 Å². The topological polar surface area (TPSA) is 58.5 Å². The molecule has 1 aliphatic rings. The second-order valence-corrected chi connectivity index (χ2v) is 8.16. The van der Waals surface area contributed by atoms with Crippen molar-refractivity contribution in [1.82, 2.24) is 9.31 Å². The number of rotatable bonds is 5. The maximum Gasteiger partial charge on any atom is 0.413 e. The van der Waals surface area contributed by atoms with E-state index in [9.17, 15) is 13.2 Å². The molecule has 0 amide bonds. The first-order valence-corrected chi connectivity index (χ1v) is 7.12. The summed E-state index contributed by atoms with van der Waals surface area (Å²) in [5, 5.41) is 0.720. The summed E-state index contributed by atoms with van der Waals surface area (Å²) in [7, 11) is 1.84. The molecule has 0 aliphatic heterocycles. The predicted octanol–water partition coefficient (Wildman–Crippen LogP) is 2.44. The fourth-order valence-corrected chi connectivity index (χ4v) is 3.06. The van der Waals surface area contributed by atoms with Crippen LogP contribution < -0.4 is 11.6 Å². The molecular weight excluding hydrogens is 289 g/mol. The minimum Gasteiger partial charge on any atom is -0.400 e. The molecule has 1 rings (SSSR count). The fraction of sp³-hybridized carbons (Fsp3) is 0.833. The molecule has 0 bridgehead atoms. The molecular formula is C12H23F3N4S. The predicted molar refractivity (Wildman–Crippen MR) is 76.3 cm³/mol. The van der Waals surface area contributed by atoms with E-state index in [-0.39, 0.29) is 17.6 Å². The smallest absolute Gasteiger partial charge is 0.400 e. The van der Waals surface area contributed by atoms with Gasteiger partial charge in [-0.05, 0) is 40.7 Å². The average Bonchev–Trinajstić information content (AvgIpc) is 2.91. The summed E-state index contributed by atoms with van der Waals surface area (Å²) in [5.41, 5.74) is 4.16. The Morgan fingerprint density at radius 1 is 1.30 bits per heavy atom. The SMILES string of the molecule is CN(C/C(N)=C/N(N)C1(C(F)(F)F)CC1)SC(C)(C)C. The number of hydrogen-bond acceptors (Lipinski definition) is 5. The third kappa shape index (κ3) is 4.46. The molecule has 0 atom stereocenters. The van der Waals surface area contributed by atoms with Crippen LogP contribution in [0.1, 0.15) is 33.6 Å². The highest BCUT2D eigenvalue weighted by atomic mass is 32.2. The van der Waals surface area contributed by atoms with Gasteiger partial charge in [-0.3, -0.25) is 0 Å². The van der Waals surface area contributed by atoms with Crippen LogP contribution in [-0.4, -0.2) is 39.4 Å². The molecule has 20 heavy (non-hydrogen) atoms. The first kappa shape index (κ1) is 17.5. The van der Waals surface area contributed by atoms with Crippen LogP contribution in [0.4, 0.5) is 13.2 Å². The Morgan fingerprint density at radius 2 is 1.80 bits per heavy atom. The van der Waals surface area contributed by atoms with Crippen molar-refractivity contribution >= 4 is 11.9 Å². The zero-order valence-electron chi connectivity index (χ0n) is 12.3. The van der Waals surface area contributed by atoms with Gasteiger partial charge in [-0.15, -0.1) is 0 Å². The Labute approximate surface area is 122 Å². The number of likely N-dealkylation sites (N-methyl/N-ethyl adjacent to an activating group) is 1. The molecule has 1 saturated carbocycles. The van der Waals surface area contributed by atoms with Gasteiger partial charge in [0.1, 0.15) is 0 Å². The third-order valence-corrected chi connectivity index (χ3v) is 3.87. The van der Waals surface area contributed by atoms with Crippen LogP contribution >= 0.6 is 11.9 Å². The van der Waals surface area contributed by atoms with Crippen molar-refractivity contribution in [1.29, 1.82) is 0 Å². The zero-order valence-corrected chi connectivity index (χ0v) is 13.1. The van der Waals surface area contributed by atoms with Gasteiger partial charge < -0.3 is 10.7 Å². The van der Waals surface area contributed by atoms with Crippen LogP contribution in [0.2, 0.25) is 0 Å². The van der Waals surface area contributed by atoms with Gasteiger partial charge in [0.25, 0.3) is 0 Å². The summed E-state index contributed by atoms with van der Waals surface area (Å²) in [4.78, 5) is 0. The van der Waals surface area contributed by atoms with E-state index in [1.54, 1.807) is 11.9 Å². The standard InChI is InChI=1S/C12H23F3N4S/c1-10(2,3)20-18(4)7-9(16)8-19(17)11(5-6-11)12(13,14)15/h8H,5-7,16-17H2,1-4H3/b9-8-. The highest BCUT2D eigenvalue weighted by Gasteiger charge is 2.66. The van der Waals surface area contributed by atoms with Crippen molar-refractivity contribution in [3.63, 3.8) is 0 Å². The number of nitrogens with two attached hydrogens (primary N) is 2. The quantitative estimate of drug-likeness (QED) is 0.464. The van der Waals surface area contributed by atoms with Gasteiger partial charge in [0.2, 0.25) is 0 Å². The summed E-state index contributed by atoms with van der Waals surface area (Å²) < 4.78 is 40.5. The van der Waals surface area contributed by atoms with E-state index in [1.165, 1.54) is 6.20 Å². The van der Waals surface area contributed by atoms with Crippen LogP contribution in [0.25, 0.3) is 0 Å². The molecule has 4 nitrogen and oxygen atoms in total. The van der Waals surface area contributed by atoms with Crippen molar-refractivity contribution in [3.05, 3.63) is 11.9 Å². The molecule has 0 aromatic heterocycles. The Balaban J connectivity index is 2.61. The van der Waals surface area contributed by atoms with Crippen LogP contribution in [0, 0.1) is 0 Å². The van der Waals surface area contributed by atoms with Gasteiger partial charge in [0, 0.05) is 23.2 Å². The highest BCUT2D eigenvalue weighted by molar-refractivity contribution is 7.98. The number of hydrazine groups is 1. The van der Waals surface area contributed by atoms with E-state index < -0.39 is 11.7 Å². The van der Waals surface area contributed by atoms with Crippen molar-refractivity contribution < 1.29 is 13.2 Å². The normalized spacial score (nSPS) is 19.4. The number of alkyl halides is 3. The third-order valence-electron chi connectivity index (χ3n) is 2.89. The monoisotopic (exact) mass is 312 g/mol. The summed E-state index contributed by atoms with van der Waals surface area (Å²) in [6.07, 6.45) is -3.10. The molecule has 0 aromatic rings. The first-order valence-electron chi connectivity index (χ1n) is 6.35. The van der Waals surface area contributed by atoms with Gasteiger partial charge in [-0.2, -0.15) is 13.2 Å². The summed E-state index contributed by atoms with van der Waals surface area (Å²) in [6.45, 7) is 6.49. The maximum atomic E-state index is 12.9. The van der Waals surface area contributed by atoms with Crippen molar-refractivity contribution in [3.8, 4) is 0 Å². The molecule has 4 N–H and O–H groups in total. The van der Waals surface area contributed by atoms with E-state index in [0.717, 1.165) is 5.01 Å². The van der Waals surface area contributed by atoms with Gasteiger partial charge in [-0.1, -0.05) is 11.9 Å². The van der Waals surface area contributed by atoms with E-state index in [2.05, 4.69) is 0 Å². The molecule has 0 heterocycles. The molecule has 1 fully saturated rings. The Bertz CT molecular complexity index is 372. The molecule has 0 radical (unpaired) electrons. The molecule has 8 heteroatoms. The van der Waals surface area contributed by atoms with E-state index >= 15 is 0 Å². The Kier molecular flexibility index (Phi) is 4.93. The number of halogens is 3. The number of hydrogen-bond donors (Lipinski definition) is 2.